The molecule has 0 aromatic carbocycles. The van der Waals surface area contributed by atoms with E-state index < -0.39 is 5.54 Å². The van der Waals surface area contributed by atoms with Crippen molar-refractivity contribution in [3.63, 3.8) is 0 Å². The second kappa shape index (κ2) is 3.88. The number of methoxy groups -OCH3 is 1. The fourth-order valence-electron chi connectivity index (χ4n) is 2.86. The Morgan fingerprint density at radius 3 is 2.55 bits per heavy atom. The molecule has 0 bridgehead atoms. The summed E-state index contributed by atoms with van der Waals surface area (Å²) in [5, 5.41) is 0. The van der Waals surface area contributed by atoms with Gasteiger partial charge < -0.3 is 4.74 Å². The van der Waals surface area contributed by atoms with Crippen molar-refractivity contribution in [1.29, 1.82) is 0 Å². The normalized spacial score (nSPS) is 22.7. The van der Waals surface area contributed by atoms with Crippen LogP contribution in [0, 0.1) is 0 Å². The minimum atomic E-state index is -0.550. The SMILES string of the molecule is COC1=CC2C(=CC(C)(C)n3c(=O)n(C)c(=O)n32)C=C1. The zero-order valence-corrected chi connectivity index (χ0v) is 12.0. The van der Waals surface area contributed by atoms with Gasteiger partial charge in [-0.2, -0.15) is 0 Å². The molecule has 0 saturated carbocycles. The highest BCUT2D eigenvalue weighted by atomic mass is 16.5. The van der Waals surface area contributed by atoms with Crippen LogP contribution in [0.1, 0.15) is 19.9 Å². The average molecular weight is 275 g/mol. The summed E-state index contributed by atoms with van der Waals surface area (Å²) in [6.07, 6.45) is 7.65. The van der Waals surface area contributed by atoms with Crippen LogP contribution in [0.3, 0.4) is 0 Å². The molecule has 0 spiro atoms. The molecule has 1 aliphatic heterocycles. The predicted octanol–water partition coefficient (Wildman–Crippen LogP) is 0.665. The van der Waals surface area contributed by atoms with Crippen molar-refractivity contribution in [3.05, 3.63) is 56.6 Å². The third-order valence-corrected chi connectivity index (χ3v) is 3.84. The monoisotopic (exact) mass is 275 g/mol. The first kappa shape index (κ1) is 12.8. The Labute approximate surface area is 115 Å². The van der Waals surface area contributed by atoms with E-state index >= 15 is 0 Å². The topological polar surface area (TPSA) is 58.2 Å². The number of hydrogen-bond acceptors (Lipinski definition) is 3. The van der Waals surface area contributed by atoms with Gasteiger partial charge in [0, 0.05) is 7.05 Å². The Hall–Kier alpha value is -2.24. The molecular weight excluding hydrogens is 258 g/mol. The Morgan fingerprint density at radius 2 is 1.90 bits per heavy atom. The lowest BCUT2D eigenvalue weighted by Crippen LogP contribution is -2.44. The van der Waals surface area contributed by atoms with E-state index in [2.05, 4.69) is 0 Å². The number of nitrogens with zero attached hydrogens (tertiary/aromatic N) is 3. The van der Waals surface area contributed by atoms with Crippen LogP contribution in [-0.4, -0.2) is 21.0 Å². The molecule has 2 aliphatic rings. The molecule has 0 N–H and O–H groups in total. The van der Waals surface area contributed by atoms with Crippen molar-refractivity contribution >= 4 is 0 Å². The van der Waals surface area contributed by atoms with Crippen LogP contribution in [-0.2, 0) is 17.3 Å². The summed E-state index contributed by atoms with van der Waals surface area (Å²) in [5.41, 5.74) is -0.187. The first-order valence-corrected chi connectivity index (χ1v) is 6.44. The predicted molar refractivity (Wildman–Crippen MR) is 74.6 cm³/mol. The maximum absolute atomic E-state index is 12.4. The van der Waals surface area contributed by atoms with Crippen LogP contribution in [0.4, 0.5) is 0 Å². The second-order valence-electron chi connectivity index (χ2n) is 5.63. The van der Waals surface area contributed by atoms with Crippen LogP contribution < -0.4 is 11.4 Å². The summed E-state index contributed by atoms with van der Waals surface area (Å²) in [6, 6.07) is -0.302. The minimum absolute atomic E-state index is 0.302. The van der Waals surface area contributed by atoms with Crippen molar-refractivity contribution in [3.8, 4) is 0 Å². The number of rotatable bonds is 1. The summed E-state index contributed by atoms with van der Waals surface area (Å²) in [7, 11) is 3.08. The van der Waals surface area contributed by atoms with E-state index in [0.717, 1.165) is 10.1 Å². The highest BCUT2D eigenvalue weighted by Gasteiger charge is 2.36. The summed E-state index contributed by atoms with van der Waals surface area (Å²) in [4.78, 5) is 24.6. The van der Waals surface area contributed by atoms with Crippen LogP contribution in [0.15, 0.2) is 45.2 Å². The fraction of sp³-hybridized carbons (Fsp3) is 0.429. The summed E-state index contributed by atoms with van der Waals surface area (Å²) in [6.45, 7) is 3.83. The zero-order valence-electron chi connectivity index (χ0n) is 12.0. The minimum Gasteiger partial charge on any atom is -0.497 e. The maximum Gasteiger partial charge on any atom is 0.347 e. The molecule has 0 saturated heterocycles. The molecule has 2 heterocycles. The smallest absolute Gasteiger partial charge is 0.347 e. The van der Waals surface area contributed by atoms with Gasteiger partial charge in [-0.3, -0.25) is 0 Å². The van der Waals surface area contributed by atoms with Crippen molar-refractivity contribution in [1.82, 2.24) is 13.9 Å². The molecule has 0 amide bonds. The van der Waals surface area contributed by atoms with Gasteiger partial charge in [-0.25, -0.2) is 23.5 Å². The highest BCUT2D eigenvalue weighted by molar-refractivity contribution is 5.40. The molecule has 1 aromatic heterocycles. The standard InChI is InChI=1S/C14H17N3O3/c1-14(2)8-9-5-6-10(20-4)7-11(9)16-12(18)15(3)13(19)17(14)16/h5-8,11H,1-4H3. The molecule has 0 fully saturated rings. The molecule has 6 heteroatoms. The number of hydrogen-bond donors (Lipinski definition) is 0. The van der Waals surface area contributed by atoms with Crippen molar-refractivity contribution < 1.29 is 4.74 Å². The molecular formula is C14H17N3O3. The zero-order chi connectivity index (χ0) is 14.7. The Bertz CT molecular complexity index is 784. The van der Waals surface area contributed by atoms with Gasteiger partial charge in [-0.1, -0.05) is 12.2 Å². The van der Waals surface area contributed by atoms with E-state index in [1.165, 1.54) is 16.4 Å². The Balaban J connectivity index is 2.35. The number of fused-ring (bicyclic) bond motifs is 3. The molecule has 1 aromatic rings. The van der Waals surface area contributed by atoms with E-state index in [-0.39, 0.29) is 17.4 Å². The molecule has 106 valence electrons. The van der Waals surface area contributed by atoms with Gasteiger partial charge in [-0.15, -0.1) is 0 Å². The maximum atomic E-state index is 12.4. The fourth-order valence-corrected chi connectivity index (χ4v) is 2.86. The van der Waals surface area contributed by atoms with E-state index in [0.29, 0.717) is 5.76 Å². The van der Waals surface area contributed by atoms with Crippen LogP contribution in [0.25, 0.3) is 0 Å². The highest BCUT2D eigenvalue weighted by Crippen LogP contribution is 2.34. The third kappa shape index (κ3) is 1.51. The van der Waals surface area contributed by atoms with Crippen LogP contribution >= 0.6 is 0 Å². The van der Waals surface area contributed by atoms with E-state index in [1.54, 1.807) is 7.11 Å². The lowest BCUT2D eigenvalue weighted by molar-refractivity contribution is 0.271. The number of ether oxygens (including phenoxy) is 1. The molecule has 20 heavy (non-hydrogen) atoms. The van der Waals surface area contributed by atoms with Gasteiger partial charge in [0.2, 0.25) is 0 Å². The van der Waals surface area contributed by atoms with Gasteiger partial charge in [0.15, 0.2) is 0 Å². The Kier molecular flexibility index (Phi) is 2.48. The van der Waals surface area contributed by atoms with Crippen molar-refractivity contribution in [2.24, 2.45) is 7.05 Å². The summed E-state index contributed by atoms with van der Waals surface area (Å²) < 4.78 is 9.36. The van der Waals surface area contributed by atoms with Gasteiger partial charge in [0.25, 0.3) is 0 Å². The molecule has 1 unspecified atom stereocenters. The first-order chi connectivity index (χ1) is 9.36. The van der Waals surface area contributed by atoms with Gasteiger partial charge in [-0.05, 0) is 31.6 Å². The van der Waals surface area contributed by atoms with Gasteiger partial charge >= 0.3 is 11.4 Å². The largest absolute Gasteiger partial charge is 0.497 e. The first-order valence-electron chi connectivity index (χ1n) is 6.44. The van der Waals surface area contributed by atoms with Crippen LogP contribution in [0.2, 0.25) is 0 Å². The average Bonchev–Trinajstić information content (AvgIpc) is 2.64. The molecule has 6 nitrogen and oxygen atoms in total. The third-order valence-electron chi connectivity index (χ3n) is 3.84. The van der Waals surface area contributed by atoms with E-state index in [4.69, 9.17) is 4.74 Å². The quantitative estimate of drug-likeness (QED) is 0.756. The van der Waals surface area contributed by atoms with E-state index in [1.807, 2.05) is 38.2 Å². The summed E-state index contributed by atoms with van der Waals surface area (Å²) >= 11 is 0. The second-order valence-corrected chi connectivity index (χ2v) is 5.63. The van der Waals surface area contributed by atoms with E-state index in [9.17, 15) is 9.59 Å². The lowest BCUT2D eigenvalue weighted by atomic mass is 9.92. The number of aromatic nitrogens is 3. The number of allylic oxidation sites excluding steroid dienone is 5. The van der Waals surface area contributed by atoms with Crippen molar-refractivity contribution in [2.45, 2.75) is 25.4 Å². The van der Waals surface area contributed by atoms with Gasteiger partial charge in [0.05, 0.1) is 12.6 Å². The van der Waals surface area contributed by atoms with Gasteiger partial charge in [0.1, 0.15) is 11.8 Å². The van der Waals surface area contributed by atoms with Crippen molar-refractivity contribution in [2.75, 3.05) is 7.11 Å². The molecule has 1 atom stereocenters. The summed E-state index contributed by atoms with van der Waals surface area (Å²) in [5.74, 6) is 0.682. The molecule has 3 rings (SSSR count). The Morgan fingerprint density at radius 1 is 1.20 bits per heavy atom. The molecule has 0 radical (unpaired) electrons. The van der Waals surface area contributed by atoms with Crippen LogP contribution in [0.5, 0.6) is 0 Å². The lowest BCUT2D eigenvalue weighted by Gasteiger charge is -2.35. The molecule has 1 aliphatic carbocycles.